The van der Waals surface area contributed by atoms with Crippen LogP contribution in [0.15, 0.2) is 42.5 Å². The molecule has 2 rings (SSSR count). The second-order valence-electron chi connectivity index (χ2n) is 6.48. The molecule has 0 saturated heterocycles. The SMILES string of the molecule is COc1cccc(C(C)(CC(=O)O)NC(=O)C(C)c2c(F)cccc2F)c1. The van der Waals surface area contributed by atoms with Crippen molar-refractivity contribution in [1.29, 1.82) is 0 Å². The Balaban J connectivity index is 2.37. The number of benzene rings is 2. The summed E-state index contributed by atoms with van der Waals surface area (Å²) in [6.07, 6.45) is -0.418. The van der Waals surface area contributed by atoms with Crippen LogP contribution in [0.25, 0.3) is 0 Å². The molecule has 0 radical (unpaired) electrons. The van der Waals surface area contributed by atoms with E-state index in [0.29, 0.717) is 11.3 Å². The predicted octanol–water partition coefficient (Wildman–Crippen LogP) is 3.58. The summed E-state index contributed by atoms with van der Waals surface area (Å²) in [7, 11) is 1.47. The molecule has 2 aromatic carbocycles. The summed E-state index contributed by atoms with van der Waals surface area (Å²) in [5, 5.41) is 11.9. The maximum atomic E-state index is 14.0. The van der Waals surface area contributed by atoms with E-state index in [-0.39, 0.29) is 5.56 Å². The van der Waals surface area contributed by atoms with Crippen LogP contribution in [0.3, 0.4) is 0 Å². The first-order valence-electron chi connectivity index (χ1n) is 8.30. The van der Waals surface area contributed by atoms with Gasteiger partial charge < -0.3 is 15.2 Å². The van der Waals surface area contributed by atoms with Crippen molar-refractivity contribution in [3.63, 3.8) is 0 Å². The summed E-state index contributed by atoms with van der Waals surface area (Å²) in [6.45, 7) is 2.90. The average Bonchev–Trinajstić information content (AvgIpc) is 2.60. The number of aliphatic carboxylic acids is 1. The topological polar surface area (TPSA) is 75.6 Å². The first kappa shape index (κ1) is 20.4. The fraction of sp³-hybridized carbons (Fsp3) is 0.300. The van der Waals surface area contributed by atoms with Crippen molar-refractivity contribution >= 4 is 11.9 Å². The Bertz CT molecular complexity index is 835. The third kappa shape index (κ3) is 4.61. The minimum Gasteiger partial charge on any atom is -0.497 e. The van der Waals surface area contributed by atoms with Gasteiger partial charge in [0.15, 0.2) is 0 Å². The van der Waals surface area contributed by atoms with Gasteiger partial charge in [-0.05, 0) is 43.7 Å². The Morgan fingerprint density at radius 1 is 1.19 bits per heavy atom. The van der Waals surface area contributed by atoms with E-state index >= 15 is 0 Å². The van der Waals surface area contributed by atoms with E-state index in [4.69, 9.17) is 4.74 Å². The lowest BCUT2D eigenvalue weighted by Gasteiger charge is -2.31. The molecule has 0 saturated carbocycles. The van der Waals surface area contributed by atoms with Crippen LogP contribution in [0.1, 0.15) is 37.3 Å². The van der Waals surface area contributed by atoms with Crippen molar-refractivity contribution in [1.82, 2.24) is 5.32 Å². The van der Waals surface area contributed by atoms with Crippen molar-refractivity contribution in [3.8, 4) is 5.75 Å². The van der Waals surface area contributed by atoms with Crippen molar-refractivity contribution < 1.29 is 28.2 Å². The zero-order valence-electron chi connectivity index (χ0n) is 15.3. The van der Waals surface area contributed by atoms with Crippen LogP contribution >= 0.6 is 0 Å². The van der Waals surface area contributed by atoms with Gasteiger partial charge in [0, 0.05) is 5.56 Å². The van der Waals surface area contributed by atoms with Gasteiger partial charge in [0.2, 0.25) is 5.91 Å². The van der Waals surface area contributed by atoms with Gasteiger partial charge in [0.05, 0.1) is 25.0 Å². The molecule has 0 aromatic heterocycles. The molecular formula is C20H21F2NO4. The highest BCUT2D eigenvalue weighted by atomic mass is 19.1. The fourth-order valence-corrected chi connectivity index (χ4v) is 2.92. The summed E-state index contributed by atoms with van der Waals surface area (Å²) >= 11 is 0. The van der Waals surface area contributed by atoms with Gasteiger partial charge in [-0.1, -0.05) is 18.2 Å². The standard InChI is InChI=1S/C20H21F2NO4/c1-12(18-15(21)8-5-9-16(18)22)19(26)23-20(2,11-17(24)25)13-6-4-7-14(10-13)27-3/h4-10,12H,11H2,1-3H3,(H,23,26)(H,24,25). The summed E-state index contributed by atoms with van der Waals surface area (Å²) in [5.41, 5.74) is -1.16. The molecule has 0 bridgehead atoms. The second-order valence-corrected chi connectivity index (χ2v) is 6.48. The average molecular weight is 377 g/mol. The van der Waals surface area contributed by atoms with Crippen LogP contribution in [0.5, 0.6) is 5.75 Å². The molecule has 27 heavy (non-hydrogen) atoms. The summed E-state index contributed by atoms with van der Waals surface area (Å²) in [4.78, 5) is 24.1. The number of rotatable bonds is 7. The first-order valence-corrected chi connectivity index (χ1v) is 8.30. The van der Waals surface area contributed by atoms with Gasteiger partial charge in [0.1, 0.15) is 17.4 Å². The normalized spacial score (nSPS) is 14.1. The van der Waals surface area contributed by atoms with Crippen LogP contribution < -0.4 is 10.1 Å². The number of nitrogens with one attached hydrogen (secondary N) is 1. The van der Waals surface area contributed by atoms with Gasteiger partial charge in [-0.15, -0.1) is 0 Å². The van der Waals surface area contributed by atoms with Gasteiger partial charge in [0.25, 0.3) is 0 Å². The zero-order valence-corrected chi connectivity index (χ0v) is 15.3. The lowest BCUT2D eigenvalue weighted by Crippen LogP contribution is -2.46. The molecule has 2 atom stereocenters. The van der Waals surface area contributed by atoms with E-state index in [1.165, 1.54) is 27.0 Å². The van der Waals surface area contributed by atoms with Crippen molar-refractivity contribution in [2.24, 2.45) is 0 Å². The highest BCUT2D eigenvalue weighted by Crippen LogP contribution is 2.30. The second kappa shape index (κ2) is 8.16. The maximum absolute atomic E-state index is 14.0. The van der Waals surface area contributed by atoms with E-state index < -0.39 is 41.4 Å². The number of methoxy groups -OCH3 is 1. The van der Waals surface area contributed by atoms with E-state index in [1.807, 2.05) is 0 Å². The summed E-state index contributed by atoms with van der Waals surface area (Å²) < 4.78 is 33.1. The van der Waals surface area contributed by atoms with Crippen molar-refractivity contribution in [3.05, 3.63) is 65.2 Å². The van der Waals surface area contributed by atoms with E-state index in [9.17, 15) is 23.5 Å². The Hall–Kier alpha value is -2.96. The molecule has 1 amide bonds. The number of carboxylic acid groups (broad SMARTS) is 1. The van der Waals surface area contributed by atoms with Crippen molar-refractivity contribution in [2.45, 2.75) is 31.7 Å². The molecule has 7 heteroatoms. The van der Waals surface area contributed by atoms with Gasteiger partial charge in [-0.2, -0.15) is 0 Å². The molecule has 0 aliphatic heterocycles. The number of amides is 1. The molecule has 0 aliphatic rings. The Morgan fingerprint density at radius 3 is 2.33 bits per heavy atom. The van der Waals surface area contributed by atoms with Crippen LogP contribution in [0.4, 0.5) is 8.78 Å². The molecule has 0 heterocycles. The van der Waals surface area contributed by atoms with E-state index in [1.54, 1.807) is 24.3 Å². The van der Waals surface area contributed by atoms with E-state index in [2.05, 4.69) is 5.32 Å². The highest BCUT2D eigenvalue weighted by Gasteiger charge is 2.34. The molecule has 0 fully saturated rings. The molecular weight excluding hydrogens is 356 g/mol. The largest absolute Gasteiger partial charge is 0.497 e. The number of carboxylic acids is 1. The highest BCUT2D eigenvalue weighted by molar-refractivity contribution is 5.85. The minimum absolute atomic E-state index is 0.363. The summed E-state index contributed by atoms with van der Waals surface area (Å²) in [6, 6.07) is 9.97. The van der Waals surface area contributed by atoms with Gasteiger partial charge >= 0.3 is 5.97 Å². The number of carbonyl (C=O) groups is 2. The number of halogens is 2. The number of carbonyl (C=O) groups excluding carboxylic acids is 1. The molecule has 2 N–H and O–H groups in total. The quantitative estimate of drug-likeness (QED) is 0.773. The lowest BCUT2D eigenvalue weighted by atomic mass is 9.87. The number of hydrogen-bond acceptors (Lipinski definition) is 3. The molecule has 2 unspecified atom stereocenters. The third-order valence-electron chi connectivity index (χ3n) is 4.44. The van der Waals surface area contributed by atoms with Gasteiger partial charge in [-0.3, -0.25) is 9.59 Å². The summed E-state index contributed by atoms with van der Waals surface area (Å²) in [5.74, 6) is -4.15. The first-order chi connectivity index (χ1) is 12.7. The molecule has 2 aromatic rings. The lowest BCUT2D eigenvalue weighted by molar-refractivity contribution is -0.139. The van der Waals surface area contributed by atoms with Crippen LogP contribution in [-0.2, 0) is 15.1 Å². The van der Waals surface area contributed by atoms with Crippen LogP contribution in [0.2, 0.25) is 0 Å². The fourth-order valence-electron chi connectivity index (χ4n) is 2.92. The molecule has 144 valence electrons. The molecule has 0 aliphatic carbocycles. The van der Waals surface area contributed by atoms with E-state index in [0.717, 1.165) is 12.1 Å². The minimum atomic E-state index is -1.30. The molecule has 0 spiro atoms. The Morgan fingerprint density at radius 2 is 1.78 bits per heavy atom. The Labute approximate surface area is 156 Å². The zero-order chi connectivity index (χ0) is 20.2. The monoisotopic (exact) mass is 377 g/mol. The van der Waals surface area contributed by atoms with Crippen LogP contribution in [0, 0.1) is 11.6 Å². The van der Waals surface area contributed by atoms with Crippen molar-refractivity contribution in [2.75, 3.05) is 7.11 Å². The number of hydrogen-bond donors (Lipinski definition) is 2. The smallest absolute Gasteiger partial charge is 0.306 e. The van der Waals surface area contributed by atoms with Gasteiger partial charge in [-0.25, -0.2) is 8.78 Å². The number of ether oxygens (including phenoxy) is 1. The maximum Gasteiger partial charge on any atom is 0.306 e. The molecule has 5 nitrogen and oxygen atoms in total. The Kier molecular flexibility index (Phi) is 6.15. The van der Waals surface area contributed by atoms with Crippen LogP contribution in [-0.4, -0.2) is 24.1 Å². The third-order valence-corrected chi connectivity index (χ3v) is 4.44. The predicted molar refractivity (Wildman–Crippen MR) is 95.5 cm³/mol.